The highest BCUT2D eigenvalue weighted by Crippen LogP contribution is 2.47. The van der Waals surface area contributed by atoms with Gasteiger partial charge in [0, 0.05) is 29.3 Å². The lowest BCUT2D eigenvalue weighted by molar-refractivity contribution is -1.02. The topological polar surface area (TPSA) is 61.7 Å². The lowest BCUT2D eigenvalue weighted by atomic mass is 9.75. The number of aryl methyl sites for hydroxylation is 1. The van der Waals surface area contributed by atoms with Gasteiger partial charge >= 0.3 is 0 Å². The zero-order valence-corrected chi connectivity index (χ0v) is 22.9. The number of rotatable bonds is 8. The summed E-state index contributed by atoms with van der Waals surface area (Å²) >= 11 is 0. The van der Waals surface area contributed by atoms with E-state index in [9.17, 15) is 10.0 Å². The van der Waals surface area contributed by atoms with Crippen molar-refractivity contribution >= 4 is 23.0 Å². The van der Waals surface area contributed by atoms with Gasteiger partial charge in [-0.3, -0.25) is 4.79 Å². The van der Waals surface area contributed by atoms with Crippen molar-refractivity contribution < 1.29 is 14.6 Å². The van der Waals surface area contributed by atoms with Crippen molar-refractivity contribution in [3.05, 3.63) is 167 Å². The predicted octanol–water partition coefficient (Wildman–Crippen LogP) is 7.21. The highest BCUT2D eigenvalue weighted by molar-refractivity contribution is 5.98. The Balaban J connectivity index is 1.36. The molecule has 5 heteroatoms. The average molecular weight is 539 g/mol. The first-order valence-corrected chi connectivity index (χ1v) is 13.8. The molecule has 1 aliphatic heterocycles. The number of hydrogen-bond donors (Lipinski definition) is 2. The van der Waals surface area contributed by atoms with Gasteiger partial charge in [0.25, 0.3) is 5.91 Å². The van der Waals surface area contributed by atoms with E-state index < -0.39 is 10.2 Å². The molecule has 0 spiro atoms. The molecule has 0 aromatic heterocycles. The number of hydrogen-bond acceptors (Lipinski definition) is 3. The third kappa shape index (κ3) is 4.76. The number of hydroxylamine groups is 3. The van der Waals surface area contributed by atoms with E-state index in [0.717, 1.165) is 39.6 Å². The Morgan fingerprint density at radius 3 is 1.83 bits per heavy atom. The molecule has 2 N–H and O–H groups in total. The Bertz CT molecular complexity index is 1650. The molecule has 1 amide bonds. The van der Waals surface area contributed by atoms with Crippen molar-refractivity contribution in [2.75, 3.05) is 7.05 Å². The average Bonchev–Trinajstić information content (AvgIpc) is 3.43. The van der Waals surface area contributed by atoms with Crippen LogP contribution in [-0.2, 0) is 12.0 Å². The van der Waals surface area contributed by atoms with E-state index in [1.54, 1.807) is 13.4 Å². The van der Waals surface area contributed by atoms with Crippen LogP contribution in [0.4, 0.5) is 0 Å². The minimum absolute atomic E-state index is 0.0924. The highest BCUT2D eigenvalue weighted by Gasteiger charge is 2.56. The van der Waals surface area contributed by atoms with Crippen LogP contribution in [0.3, 0.4) is 0 Å². The molecule has 6 rings (SSSR count). The lowest BCUT2D eigenvalue weighted by Gasteiger charge is -2.42. The van der Waals surface area contributed by atoms with E-state index in [1.165, 1.54) is 5.56 Å². The molecule has 0 fully saturated rings. The fourth-order valence-electron chi connectivity index (χ4n) is 5.94. The highest BCUT2D eigenvalue weighted by atomic mass is 16.6. The summed E-state index contributed by atoms with van der Waals surface area (Å²) in [5.41, 5.74) is 4.59. The molecule has 5 aromatic carbocycles. The molecule has 1 heterocycles. The third-order valence-electron chi connectivity index (χ3n) is 7.92. The van der Waals surface area contributed by atoms with E-state index in [1.807, 2.05) is 79.0 Å². The number of carbonyl (C=O) groups is 1. The Kier molecular flexibility index (Phi) is 7.06. The molecule has 0 aliphatic carbocycles. The zero-order valence-electron chi connectivity index (χ0n) is 22.9. The molecular weight excluding hydrogens is 506 g/mol. The van der Waals surface area contributed by atoms with Crippen LogP contribution in [-0.4, -0.2) is 29.1 Å². The molecule has 0 radical (unpaired) electrons. The first-order chi connectivity index (χ1) is 20.0. The van der Waals surface area contributed by atoms with Gasteiger partial charge in [0.15, 0.2) is 6.20 Å². The summed E-state index contributed by atoms with van der Waals surface area (Å²) in [6.45, 7) is 0. The molecule has 0 bridgehead atoms. The molecule has 41 heavy (non-hydrogen) atoms. The maximum Gasteiger partial charge on any atom is 0.251 e. The van der Waals surface area contributed by atoms with Gasteiger partial charge in [0.1, 0.15) is 5.70 Å². The van der Waals surface area contributed by atoms with Crippen LogP contribution in [0.1, 0.15) is 39.0 Å². The fourth-order valence-corrected chi connectivity index (χ4v) is 5.94. The van der Waals surface area contributed by atoms with Crippen LogP contribution in [0.2, 0.25) is 0 Å². The van der Waals surface area contributed by atoms with Crippen molar-refractivity contribution in [3.8, 4) is 0 Å². The fraction of sp³-hybridized carbons (Fsp3) is 0.111. The van der Waals surface area contributed by atoms with Crippen molar-refractivity contribution in [3.63, 3.8) is 0 Å². The van der Waals surface area contributed by atoms with Crippen molar-refractivity contribution in [2.24, 2.45) is 4.99 Å². The molecule has 1 aliphatic rings. The maximum absolute atomic E-state index is 12.5. The number of fused-ring (bicyclic) bond motifs is 1. The summed E-state index contributed by atoms with van der Waals surface area (Å²) in [5, 5.41) is 17.3. The quantitative estimate of drug-likeness (QED) is 0.162. The van der Waals surface area contributed by atoms with Gasteiger partial charge in [-0.1, -0.05) is 120 Å². The first-order valence-electron chi connectivity index (χ1n) is 13.8. The van der Waals surface area contributed by atoms with E-state index in [4.69, 9.17) is 4.99 Å². The number of allylic oxidation sites excluding steroid dienone is 1. The second-order valence-corrected chi connectivity index (χ2v) is 10.4. The number of carbonyl (C=O) groups excluding carboxylic acids is 1. The predicted molar refractivity (Wildman–Crippen MR) is 163 cm³/mol. The van der Waals surface area contributed by atoms with E-state index in [2.05, 4.69) is 59.9 Å². The van der Waals surface area contributed by atoms with Crippen molar-refractivity contribution in [2.45, 2.75) is 18.4 Å². The summed E-state index contributed by atoms with van der Waals surface area (Å²) < 4.78 is -0.500. The van der Waals surface area contributed by atoms with Crippen molar-refractivity contribution in [1.82, 2.24) is 5.32 Å². The standard InChI is InChI=1S/C36H31N3O2/c1-37-35(40)30-21-20-28-23-27(17-19-29(28)24-30)18-22-34-25-39(41,26-38-34)36(31-11-5-2-6-12-31,32-13-7-3-8-14-32)33-15-9-4-10-16-33/h2-17,19-21,23-26,41H,18,22H2,1H3/p+1. The number of benzene rings is 5. The van der Waals surface area contributed by atoms with Crippen LogP contribution in [0, 0.1) is 0 Å². The number of nitrogens with one attached hydrogen (secondary N) is 1. The minimum Gasteiger partial charge on any atom is -0.355 e. The summed E-state index contributed by atoms with van der Waals surface area (Å²) in [4.78, 5) is 16.8. The number of amides is 1. The summed E-state index contributed by atoms with van der Waals surface area (Å²) in [5.74, 6) is -0.0924. The van der Waals surface area contributed by atoms with E-state index in [0.29, 0.717) is 12.0 Å². The van der Waals surface area contributed by atoms with E-state index in [-0.39, 0.29) is 5.91 Å². The second-order valence-electron chi connectivity index (χ2n) is 10.4. The number of nitrogens with zero attached hydrogens (tertiary/aromatic N) is 2. The minimum atomic E-state index is -0.958. The number of aliphatic imine (C=N–C) groups is 1. The lowest BCUT2D eigenvalue weighted by Crippen LogP contribution is -2.56. The largest absolute Gasteiger partial charge is 0.355 e. The van der Waals surface area contributed by atoms with Gasteiger partial charge in [-0.15, -0.1) is 0 Å². The molecule has 5 nitrogen and oxygen atoms in total. The van der Waals surface area contributed by atoms with Crippen LogP contribution in [0.15, 0.2) is 144 Å². The monoisotopic (exact) mass is 538 g/mol. The molecule has 1 atom stereocenters. The Morgan fingerprint density at radius 1 is 0.732 bits per heavy atom. The smallest absolute Gasteiger partial charge is 0.251 e. The van der Waals surface area contributed by atoms with Gasteiger partial charge in [-0.2, -0.15) is 4.99 Å². The second kappa shape index (κ2) is 11.0. The van der Waals surface area contributed by atoms with Crippen LogP contribution >= 0.6 is 0 Å². The molecule has 0 saturated carbocycles. The third-order valence-corrected chi connectivity index (χ3v) is 7.92. The SMILES string of the molecule is CNC(=O)c1ccc2cc(CCC3=C[N+](O)(C(c4ccccc4)(c4ccccc4)c4ccccc4)C=N3)ccc2c1. The summed E-state index contributed by atoms with van der Waals surface area (Å²) in [6.07, 6.45) is 4.98. The Morgan fingerprint density at radius 2 is 1.27 bits per heavy atom. The van der Waals surface area contributed by atoms with Crippen LogP contribution < -0.4 is 5.32 Å². The Labute approximate surface area is 240 Å². The summed E-state index contributed by atoms with van der Waals surface area (Å²) in [7, 11) is 1.64. The number of quaternary nitrogens is 1. The van der Waals surface area contributed by atoms with Gasteiger partial charge in [0.05, 0.1) is 0 Å². The first kappa shape index (κ1) is 26.4. The van der Waals surface area contributed by atoms with Crippen LogP contribution in [0.5, 0.6) is 0 Å². The normalized spacial score (nSPS) is 16.5. The van der Waals surface area contributed by atoms with Gasteiger partial charge in [-0.25, -0.2) is 5.21 Å². The zero-order chi connectivity index (χ0) is 28.3. The molecule has 1 unspecified atom stereocenters. The van der Waals surface area contributed by atoms with E-state index >= 15 is 0 Å². The molecule has 5 aromatic rings. The van der Waals surface area contributed by atoms with Gasteiger partial charge in [-0.05, 0) is 41.3 Å². The molecular formula is C36H32N3O2+. The van der Waals surface area contributed by atoms with Crippen molar-refractivity contribution in [1.29, 1.82) is 0 Å². The van der Waals surface area contributed by atoms with Crippen LogP contribution in [0.25, 0.3) is 10.8 Å². The summed E-state index contributed by atoms with van der Waals surface area (Å²) in [6, 6.07) is 42.5. The molecule has 202 valence electrons. The Hall–Kier alpha value is -4.84. The van der Waals surface area contributed by atoms with Gasteiger partial charge < -0.3 is 5.32 Å². The maximum atomic E-state index is 12.5. The van der Waals surface area contributed by atoms with Gasteiger partial charge in [0.2, 0.25) is 11.9 Å². The molecule has 0 saturated heterocycles.